The van der Waals surface area contributed by atoms with Crippen molar-refractivity contribution in [3.8, 4) is 5.69 Å². The number of halogens is 5. The minimum Gasteiger partial charge on any atom is -0.217 e. The Labute approximate surface area is 121 Å². The van der Waals surface area contributed by atoms with Crippen molar-refractivity contribution in [2.24, 2.45) is 0 Å². The Kier molecular flexibility index (Phi) is 3.94. The van der Waals surface area contributed by atoms with Crippen LogP contribution in [0.4, 0.5) is 21.4 Å². The van der Waals surface area contributed by atoms with Crippen molar-refractivity contribution in [2.75, 3.05) is 0 Å². The van der Waals surface area contributed by atoms with E-state index in [1.54, 1.807) is 0 Å². The molecule has 0 spiro atoms. The van der Waals surface area contributed by atoms with Gasteiger partial charge in [0.15, 0.2) is 0 Å². The van der Waals surface area contributed by atoms with Gasteiger partial charge >= 0.3 is 16.4 Å². The lowest BCUT2D eigenvalue weighted by Gasteiger charge is -2.09. The van der Waals surface area contributed by atoms with E-state index < -0.39 is 38.6 Å². The first-order valence-corrected chi connectivity index (χ1v) is 7.18. The van der Waals surface area contributed by atoms with Gasteiger partial charge < -0.3 is 0 Å². The lowest BCUT2D eigenvalue weighted by Crippen LogP contribution is -2.10. The minimum atomic E-state index is -5.16. The number of aryl methyl sites for hydroxylation is 1. The van der Waals surface area contributed by atoms with Gasteiger partial charge in [0.25, 0.3) is 5.82 Å². The predicted molar refractivity (Wildman–Crippen MR) is 64.0 cm³/mol. The molecule has 0 amide bonds. The van der Waals surface area contributed by atoms with Crippen molar-refractivity contribution in [1.29, 1.82) is 0 Å². The van der Waals surface area contributed by atoms with Crippen LogP contribution in [0.15, 0.2) is 23.4 Å². The quantitative estimate of drug-likeness (QED) is 0.636. The highest BCUT2D eigenvalue weighted by molar-refractivity contribution is 7.86. The van der Waals surface area contributed by atoms with Crippen molar-refractivity contribution in [3.05, 3.63) is 35.7 Å². The molecule has 1 heterocycles. The van der Waals surface area contributed by atoms with Gasteiger partial charge in [0.1, 0.15) is 22.7 Å². The Balaban J connectivity index is 2.64. The molecule has 0 aliphatic rings. The number of aromatic nitrogens is 3. The van der Waals surface area contributed by atoms with Crippen LogP contribution < -0.4 is 0 Å². The molecule has 0 bridgehead atoms. The molecule has 0 saturated carbocycles. The molecule has 2 aromatic rings. The summed E-state index contributed by atoms with van der Waals surface area (Å²) in [6.07, 6.45) is -4.28. The molecule has 11 heteroatoms. The summed E-state index contributed by atoms with van der Waals surface area (Å²) in [4.78, 5) is 2.13. The summed E-state index contributed by atoms with van der Waals surface area (Å²) in [5, 5.41) is 3.01. The second-order valence-electron chi connectivity index (χ2n) is 4.21. The topological polar surface area (TPSA) is 64.8 Å². The monoisotopic (exact) mass is 341 g/mol. The van der Waals surface area contributed by atoms with E-state index in [4.69, 9.17) is 0 Å². The highest BCUT2D eigenvalue weighted by atomic mass is 32.3. The van der Waals surface area contributed by atoms with Crippen LogP contribution >= 0.6 is 0 Å². The summed E-state index contributed by atoms with van der Waals surface area (Å²) in [5.74, 6) is -2.58. The van der Waals surface area contributed by atoms with Gasteiger partial charge in [-0.2, -0.15) is 21.6 Å². The van der Waals surface area contributed by atoms with E-state index >= 15 is 0 Å². The van der Waals surface area contributed by atoms with Crippen LogP contribution in [0.1, 0.15) is 18.3 Å². The summed E-state index contributed by atoms with van der Waals surface area (Å²) >= 11 is 0. The Bertz CT molecular complexity index is 814. The zero-order chi connectivity index (χ0) is 16.7. The van der Waals surface area contributed by atoms with Gasteiger partial charge in [-0.15, -0.1) is 8.98 Å². The standard InChI is InChI=1S/C11H8F5N3O2S/c1-2-6-3-7(12)8(4-9(6)22(16,20)21)19-5-17-10(18-19)11(13,14)15/h3-5H,2H2,1H3. The maximum absolute atomic E-state index is 13.9. The van der Waals surface area contributed by atoms with Crippen LogP contribution in [0.25, 0.3) is 5.69 Å². The highest BCUT2D eigenvalue weighted by Crippen LogP contribution is 2.28. The summed E-state index contributed by atoms with van der Waals surface area (Å²) in [7, 11) is -5.16. The zero-order valence-electron chi connectivity index (χ0n) is 10.9. The summed E-state index contributed by atoms with van der Waals surface area (Å²) in [5.41, 5.74) is -0.795. The van der Waals surface area contributed by atoms with E-state index in [1.807, 2.05) is 0 Å². The molecule has 0 aliphatic heterocycles. The Morgan fingerprint density at radius 3 is 2.36 bits per heavy atom. The van der Waals surface area contributed by atoms with Gasteiger partial charge in [-0.25, -0.2) is 14.1 Å². The lowest BCUT2D eigenvalue weighted by atomic mass is 10.1. The highest BCUT2D eigenvalue weighted by Gasteiger charge is 2.36. The van der Waals surface area contributed by atoms with Crippen molar-refractivity contribution < 1.29 is 29.9 Å². The number of rotatable bonds is 3. The Hall–Kier alpha value is -2.04. The van der Waals surface area contributed by atoms with Gasteiger partial charge in [0.05, 0.1) is 0 Å². The van der Waals surface area contributed by atoms with E-state index in [9.17, 15) is 29.9 Å². The van der Waals surface area contributed by atoms with Crippen LogP contribution in [-0.2, 0) is 22.8 Å². The van der Waals surface area contributed by atoms with Gasteiger partial charge in [0.2, 0.25) is 0 Å². The van der Waals surface area contributed by atoms with Crippen molar-refractivity contribution >= 4 is 10.2 Å². The number of alkyl halides is 3. The maximum atomic E-state index is 13.9. The summed E-state index contributed by atoms with van der Waals surface area (Å²) < 4.78 is 86.9. The van der Waals surface area contributed by atoms with E-state index in [2.05, 4.69) is 10.1 Å². The molecule has 0 saturated heterocycles. The molecule has 5 nitrogen and oxygen atoms in total. The van der Waals surface area contributed by atoms with Crippen molar-refractivity contribution in [3.63, 3.8) is 0 Å². The number of hydrogen-bond acceptors (Lipinski definition) is 4. The maximum Gasteiger partial charge on any atom is 0.453 e. The van der Waals surface area contributed by atoms with Gasteiger partial charge in [0, 0.05) is 0 Å². The van der Waals surface area contributed by atoms with Crippen LogP contribution in [0, 0.1) is 5.82 Å². The molecular weight excluding hydrogens is 333 g/mol. The van der Waals surface area contributed by atoms with Gasteiger partial charge in [-0.1, -0.05) is 6.92 Å². The lowest BCUT2D eigenvalue weighted by molar-refractivity contribution is -0.144. The summed E-state index contributed by atoms with van der Waals surface area (Å²) in [6.45, 7) is 1.47. The number of hydrogen-bond donors (Lipinski definition) is 0. The molecule has 2 rings (SSSR count). The predicted octanol–water partition coefficient (Wildman–Crippen LogP) is 2.65. The minimum absolute atomic E-state index is 0.0147. The molecule has 0 atom stereocenters. The first-order chi connectivity index (χ1) is 10.0. The molecule has 1 aromatic carbocycles. The fourth-order valence-electron chi connectivity index (χ4n) is 1.77. The molecule has 0 fully saturated rings. The van der Waals surface area contributed by atoms with Crippen LogP contribution in [0.5, 0.6) is 0 Å². The fraction of sp³-hybridized carbons (Fsp3) is 0.273. The number of nitrogens with zero attached hydrogens (tertiary/aromatic N) is 3. The van der Waals surface area contributed by atoms with Crippen LogP contribution in [0.2, 0.25) is 0 Å². The molecule has 1 aromatic heterocycles. The molecule has 0 N–H and O–H groups in total. The molecule has 0 unspecified atom stereocenters. The van der Waals surface area contributed by atoms with E-state index in [-0.39, 0.29) is 12.0 Å². The Morgan fingerprint density at radius 2 is 1.91 bits per heavy atom. The molecule has 0 radical (unpaired) electrons. The first kappa shape index (κ1) is 16.3. The van der Waals surface area contributed by atoms with Crippen LogP contribution in [0.3, 0.4) is 0 Å². The van der Waals surface area contributed by atoms with Crippen LogP contribution in [-0.4, -0.2) is 23.2 Å². The molecule has 0 aliphatic carbocycles. The second kappa shape index (κ2) is 5.30. The summed E-state index contributed by atoms with van der Waals surface area (Å²) in [6, 6.07) is 1.31. The largest absolute Gasteiger partial charge is 0.453 e. The van der Waals surface area contributed by atoms with Gasteiger partial charge in [-0.05, 0) is 24.1 Å². The second-order valence-corrected chi connectivity index (χ2v) is 5.53. The zero-order valence-corrected chi connectivity index (χ0v) is 11.7. The smallest absolute Gasteiger partial charge is 0.217 e. The third kappa shape index (κ3) is 3.08. The van der Waals surface area contributed by atoms with E-state index in [0.717, 1.165) is 6.07 Å². The van der Waals surface area contributed by atoms with E-state index in [1.165, 1.54) is 6.92 Å². The molecular formula is C11H8F5N3O2S. The van der Waals surface area contributed by atoms with Crippen molar-refractivity contribution in [1.82, 2.24) is 14.8 Å². The van der Waals surface area contributed by atoms with Gasteiger partial charge in [-0.3, -0.25) is 0 Å². The average Bonchev–Trinajstić information content (AvgIpc) is 2.86. The Morgan fingerprint density at radius 1 is 1.27 bits per heavy atom. The third-order valence-electron chi connectivity index (χ3n) is 2.77. The normalized spacial score (nSPS) is 12.6. The van der Waals surface area contributed by atoms with Crippen molar-refractivity contribution in [2.45, 2.75) is 24.4 Å². The third-order valence-corrected chi connectivity index (χ3v) is 3.67. The average molecular weight is 341 g/mol. The first-order valence-electron chi connectivity index (χ1n) is 5.80. The van der Waals surface area contributed by atoms with E-state index in [0.29, 0.717) is 17.1 Å². The molecule has 22 heavy (non-hydrogen) atoms. The molecule has 120 valence electrons. The SMILES string of the molecule is CCc1cc(F)c(-n2cnc(C(F)(F)F)n2)cc1S(=O)(=O)F. The number of benzene rings is 1. The fourth-order valence-corrected chi connectivity index (χ4v) is 2.54.